The lowest BCUT2D eigenvalue weighted by Gasteiger charge is -2.11. The van der Waals surface area contributed by atoms with Crippen molar-refractivity contribution in [3.05, 3.63) is 107 Å². The van der Waals surface area contributed by atoms with Gasteiger partial charge in [-0.05, 0) is 72.0 Å². The minimum Gasteiger partial charge on any atom is -0.457 e. The van der Waals surface area contributed by atoms with Crippen molar-refractivity contribution in [3.63, 3.8) is 0 Å². The number of amides is 3. The Morgan fingerprint density at radius 1 is 0.897 bits per heavy atom. The summed E-state index contributed by atoms with van der Waals surface area (Å²) >= 11 is 6.02. The summed E-state index contributed by atoms with van der Waals surface area (Å²) in [6, 6.07) is 21.0. The summed E-state index contributed by atoms with van der Waals surface area (Å²) in [7, 11) is -1.55. The minimum absolute atomic E-state index is 0.0709. The Morgan fingerprint density at radius 2 is 1.59 bits per heavy atom. The van der Waals surface area contributed by atoms with Crippen LogP contribution in [0.3, 0.4) is 0 Å². The van der Waals surface area contributed by atoms with Gasteiger partial charge in [0.2, 0.25) is 0 Å². The molecule has 0 saturated carbocycles. The predicted molar refractivity (Wildman–Crippen MR) is 148 cm³/mol. The van der Waals surface area contributed by atoms with Crippen LogP contribution in [-0.4, -0.2) is 34.1 Å². The van der Waals surface area contributed by atoms with Crippen LogP contribution in [0.4, 0.5) is 16.2 Å². The topological polar surface area (TPSA) is 142 Å². The van der Waals surface area contributed by atoms with Gasteiger partial charge in [0.25, 0.3) is 5.91 Å². The van der Waals surface area contributed by atoms with Gasteiger partial charge >= 0.3 is 13.1 Å². The number of pyridine rings is 1. The van der Waals surface area contributed by atoms with Gasteiger partial charge in [-0.15, -0.1) is 0 Å². The van der Waals surface area contributed by atoms with Crippen LogP contribution in [0.15, 0.2) is 85.1 Å². The molecule has 1 aromatic heterocycles. The molecule has 1 heterocycles. The summed E-state index contributed by atoms with van der Waals surface area (Å²) in [6.07, 6.45) is 1.43. The van der Waals surface area contributed by atoms with Crippen molar-refractivity contribution in [1.29, 1.82) is 0 Å². The standard InChI is InChI=1S/C27H24BClN4O6/c1-17-14-21(8-11-24(17)29)32-27(35)31-20-6-9-22(10-7-20)39-23-12-13-30-25(15-23)26(34)33-38-16-18-2-4-19(5-3-18)28(36)37/h2-15,36-37H,16H2,1H3,(H,33,34)(H2,31,32,35). The molecule has 0 unspecified atom stereocenters. The van der Waals surface area contributed by atoms with Crippen LogP contribution in [0.5, 0.6) is 11.5 Å². The molecule has 198 valence electrons. The van der Waals surface area contributed by atoms with Gasteiger partial charge in [0, 0.05) is 28.7 Å². The zero-order valence-corrected chi connectivity index (χ0v) is 21.5. The Labute approximate surface area is 229 Å². The first-order chi connectivity index (χ1) is 18.8. The molecule has 5 N–H and O–H groups in total. The maximum absolute atomic E-state index is 12.4. The molecule has 0 bridgehead atoms. The first kappa shape index (κ1) is 27.6. The Bertz CT molecular complexity index is 1450. The van der Waals surface area contributed by atoms with E-state index >= 15 is 0 Å². The van der Waals surface area contributed by atoms with Gasteiger partial charge in [-0.2, -0.15) is 0 Å². The lowest BCUT2D eigenvalue weighted by molar-refractivity contribution is 0.0229. The van der Waals surface area contributed by atoms with E-state index in [9.17, 15) is 9.59 Å². The fraction of sp³-hybridized carbons (Fsp3) is 0.0741. The van der Waals surface area contributed by atoms with E-state index in [-0.39, 0.29) is 12.3 Å². The first-order valence-electron chi connectivity index (χ1n) is 11.7. The van der Waals surface area contributed by atoms with Gasteiger partial charge < -0.3 is 25.4 Å². The molecule has 0 saturated heterocycles. The van der Waals surface area contributed by atoms with Crippen molar-refractivity contribution in [2.75, 3.05) is 10.6 Å². The maximum atomic E-state index is 12.4. The zero-order valence-electron chi connectivity index (χ0n) is 20.7. The van der Waals surface area contributed by atoms with Crippen LogP contribution in [0.2, 0.25) is 5.02 Å². The van der Waals surface area contributed by atoms with Crippen LogP contribution < -0.4 is 26.3 Å². The number of hydrogen-bond acceptors (Lipinski definition) is 7. The third-order valence-electron chi connectivity index (χ3n) is 5.41. The molecule has 39 heavy (non-hydrogen) atoms. The van der Waals surface area contributed by atoms with Crippen LogP contribution >= 0.6 is 11.6 Å². The maximum Gasteiger partial charge on any atom is 0.488 e. The van der Waals surface area contributed by atoms with E-state index in [0.29, 0.717) is 33.4 Å². The average molecular weight is 547 g/mol. The molecule has 0 fully saturated rings. The van der Waals surface area contributed by atoms with Crippen LogP contribution in [0, 0.1) is 6.92 Å². The molecule has 3 amide bonds. The number of hydrogen-bond donors (Lipinski definition) is 5. The van der Waals surface area contributed by atoms with Gasteiger partial charge in [0.15, 0.2) is 0 Å². The highest BCUT2D eigenvalue weighted by Gasteiger charge is 2.12. The highest BCUT2D eigenvalue weighted by atomic mass is 35.5. The highest BCUT2D eigenvalue weighted by molar-refractivity contribution is 6.58. The summed E-state index contributed by atoms with van der Waals surface area (Å²) in [4.78, 5) is 34.0. The second-order valence-electron chi connectivity index (χ2n) is 8.38. The summed E-state index contributed by atoms with van der Waals surface area (Å²) in [5.41, 5.74) is 5.50. The first-order valence-corrected chi connectivity index (χ1v) is 12.1. The summed E-state index contributed by atoms with van der Waals surface area (Å²) in [5.74, 6) is 0.300. The third-order valence-corrected chi connectivity index (χ3v) is 5.83. The van der Waals surface area contributed by atoms with E-state index in [1.54, 1.807) is 72.8 Å². The number of ether oxygens (including phenoxy) is 1. The largest absolute Gasteiger partial charge is 0.488 e. The van der Waals surface area contributed by atoms with Crippen molar-refractivity contribution in [2.24, 2.45) is 0 Å². The van der Waals surface area contributed by atoms with Crippen molar-refractivity contribution >= 4 is 47.5 Å². The molecule has 0 aliphatic carbocycles. The molecule has 3 aromatic carbocycles. The van der Waals surface area contributed by atoms with Crippen molar-refractivity contribution in [1.82, 2.24) is 10.5 Å². The number of urea groups is 1. The molecule has 0 spiro atoms. The average Bonchev–Trinajstić information content (AvgIpc) is 2.92. The molecule has 4 aromatic rings. The highest BCUT2D eigenvalue weighted by Crippen LogP contribution is 2.24. The van der Waals surface area contributed by atoms with Crippen molar-refractivity contribution in [3.8, 4) is 11.5 Å². The fourth-order valence-electron chi connectivity index (χ4n) is 3.38. The van der Waals surface area contributed by atoms with E-state index in [2.05, 4.69) is 21.1 Å². The van der Waals surface area contributed by atoms with Gasteiger partial charge in [0.05, 0.1) is 6.61 Å². The van der Waals surface area contributed by atoms with Crippen molar-refractivity contribution in [2.45, 2.75) is 13.5 Å². The molecule has 10 nitrogen and oxygen atoms in total. The summed E-state index contributed by atoms with van der Waals surface area (Å²) < 4.78 is 5.81. The molecular weight excluding hydrogens is 523 g/mol. The molecule has 0 radical (unpaired) electrons. The molecule has 0 aliphatic heterocycles. The zero-order chi connectivity index (χ0) is 27.8. The van der Waals surface area contributed by atoms with Crippen LogP contribution in [-0.2, 0) is 11.4 Å². The van der Waals surface area contributed by atoms with Gasteiger partial charge in [-0.1, -0.05) is 35.9 Å². The third kappa shape index (κ3) is 8.03. The molecule has 12 heteroatoms. The molecule has 4 rings (SSSR count). The van der Waals surface area contributed by atoms with Gasteiger partial charge in [-0.3, -0.25) is 14.6 Å². The Kier molecular flexibility index (Phi) is 9.13. The van der Waals surface area contributed by atoms with E-state index in [0.717, 1.165) is 11.1 Å². The number of nitrogens with zero attached hydrogens (tertiary/aromatic N) is 1. The SMILES string of the molecule is Cc1cc(NC(=O)Nc2ccc(Oc3ccnc(C(=O)NOCc4ccc(B(O)O)cc4)c3)cc2)ccc1Cl. The molecule has 0 aliphatic rings. The number of aryl methyl sites for hydroxylation is 1. The summed E-state index contributed by atoms with van der Waals surface area (Å²) in [6.45, 7) is 1.92. The monoisotopic (exact) mass is 546 g/mol. The number of rotatable bonds is 9. The molecular formula is C27H24BClN4O6. The van der Waals surface area contributed by atoms with Crippen molar-refractivity contribution < 1.29 is 29.2 Å². The normalized spacial score (nSPS) is 10.5. The minimum atomic E-state index is -1.55. The number of carbonyl (C=O) groups is 2. The van der Waals surface area contributed by atoms with E-state index in [1.165, 1.54) is 12.3 Å². The number of nitrogens with one attached hydrogen (secondary N) is 3. The second-order valence-corrected chi connectivity index (χ2v) is 8.79. The van der Waals surface area contributed by atoms with Crippen LogP contribution in [0.1, 0.15) is 21.6 Å². The Balaban J connectivity index is 1.27. The van der Waals surface area contributed by atoms with E-state index in [4.69, 9.17) is 31.2 Å². The number of aromatic nitrogens is 1. The quantitative estimate of drug-likeness (QED) is 0.158. The van der Waals surface area contributed by atoms with E-state index < -0.39 is 19.1 Å². The summed E-state index contributed by atoms with van der Waals surface area (Å²) in [5, 5.41) is 24.4. The second kappa shape index (κ2) is 12.9. The van der Waals surface area contributed by atoms with E-state index in [1.807, 2.05) is 6.92 Å². The predicted octanol–water partition coefficient (Wildman–Crippen LogP) is 4.02. The lowest BCUT2D eigenvalue weighted by Crippen LogP contribution is -2.29. The Morgan fingerprint density at radius 3 is 2.28 bits per heavy atom. The molecule has 0 atom stereocenters. The van der Waals surface area contributed by atoms with Crippen LogP contribution in [0.25, 0.3) is 0 Å². The Hall–Kier alpha value is -4.42. The van der Waals surface area contributed by atoms with Gasteiger partial charge in [0.1, 0.15) is 17.2 Å². The smallest absolute Gasteiger partial charge is 0.457 e. The number of anilines is 2. The number of carbonyl (C=O) groups excluding carboxylic acids is 2. The number of benzene rings is 3. The fourth-order valence-corrected chi connectivity index (χ4v) is 3.50. The lowest BCUT2D eigenvalue weighted by atomic mass is 9.80. The number of halogens is 1. The van der Waals surface area contributed by atoms with Gasteiger partial charge in [-0.25, -0.2) is 10.3 Å². The number of hydroxylamine groups is 1.